The van der Waals surface area contributed by atoms with Crippen LogP contribution in [0.15, 0.2) is 18.2 Å². The van der Waals surface area contributed by atoms with Gasteiger partial charge in [0.1, 0.15) is 11.6 Å². The van der Waals surface area contributed by atoms with E-state index in [0.717, 1.165) is 32.4 Å². The van der Waals surface area contributed by atoms with Crippen molar-refractivity contribution in [2.45, 2.75) is 25.7 Å². The van der Waals surface area contributed by atoms with Gasteiger partial charge in [-0.05, 0) is 61.5 Å². The van der Waals surface area contributed by atoms with E-state index in [9.17, 15) is 9.18 Å². The highest BCUT2D eigenvalue weighted by molar-refractivity contribution is 6.31. The van der Waals surface area contributed by atoms with Crippen molar-refractivity contribution in [3.63, 3.8) is 0 Å². The van der Waals surface area contributed by atoms with Crippen molar-refractivity contribution in [3.05, 3.63) is 34.6 Å². The standard InChI is InChI=1S/C15H17ClFNO/c16-13-2-1-11(17)7-10(13)8-14(19)12-9-15(12)3-5-18-6-4-15/h1-2,7,12,18H,3-6,8-9H2. The van der Waals surface area contributed by atoms with Crippen LogP contribution in [0.4, 0.5) is 4.39 Å². The van der Waals surface area contributed by atoms with E-state index in [1.54, 1.807) is 0 Å². The molecule has 1 saturated heterocycles. The number of hydrogen-bond acceptors (Lipinski definition) is 2. The largest absolute Gasteiger partial charge is 0.317 e. The zero-order valence-electron chi connectivity index (χ0n) is 10.7. The summed E-state index contributed by atoms with van der Waals surface area (Å²) in [6.07, 6.45) is 3.43. The summed E-state index contributed by atoms with van der Waals surface area (Å²) in [5, 5.41) is 3.81. The van der Waals surface area contributed by atoms with Gasteiger partial charge in [0.25, 0.3) is 0 Å². The molecule has 1 atom stereocenters. The van der Waals surface area contributed by atoms with Gasteiger partial charge in [0.15, 0.2) is 0 Å². The number of nitrogens with one attached hydrogen (secondary N) is 1. The molecule has 0 bridgehead atoms. The van der Waals surface area contributed by atoms with Gasteiger partial charge < -0.3 is 5.32 Å². The molecule has 4 heteroatoms. The molecular weight excluding hydrogens is 265 g/mol. The zero-order chi connectivity index (χ0) is 13.5. The van der Waals surface area contributed by atoms with Crippen LogP contribution in [0.1, 0.15) is 24.8 Å². The molecule has 1 aliphatic heterocycles. The Morgan fingerprint density at radius 1 is 1.42 bits per heavy atom. The van der Waals surface area contributed by atoms with E-state index in [-0.39, 0.29) is 29.4 Å². The molecule has 102 valence electrons. The van der Waals surface area contributed by atoms with Crippen LogP contribution in [-0.2, 0) is 11.2 Å². The summed E-state index contributed by atoms with van der Waals surface area (Å²) in [6.45, 7) is 2.01. The molecule has 0 radical (unpaired) electrons. The van der Waals surface area contributed by atoms with E-state index in [4.69, 9.17) is 11.6 Å². The van der Waals surface area contributed by atoms with Gasteiger partial charge in [0, 0.05) is 17.4 Å². The van der Waals surface area contributed by atoms with Crippen molar-refractivity contribution < 1.29 is 9.18 Å². The van der Waals surface area contributed by atoms with Crippen LogP contribution in [0.3, 0.4) is 0 Å². The van der Waals surface area contributed by atoms with Crippen LogP contribution < -0.4 is 5.32 Å². The van der Waals surface area contributed by atoms with Crippen LogP contribution in [-0.4, -0.2) is 18.9 Å². The number of piperidine rings is 1. The topological polar surface area (TPSA) is 29.1 Å². The van der Waals surface area contributed by atoms with E-state index >= 15 is 0 Å². The zero-order valence-corrected chi connectivity index (χ0v) is 11.5. The lowest BCUT2D eigenvalue weighted by Gasteiger charge is -2.23. The number of carbonyl (C=O) groups excluding carboxylic acids is 1. The first-order valence-corrected chi connectivity index (χ1v) is 7.16. The molecule has 3 rings (SSSR count). The van der Waals surface area contributed by atoms with Crippen molar-refractivity contribution in [3.8, 4) is 0 Å². The predicted octanol–water partition coefficient (Wildman–Crippen LogP) is 2.98. The summed E-state index contributed by atoms with van der Waals surface area (Å²) in [5.74, 6) is 0.0444. The maximum atomic E-state index is 13.2. The summed E-state index contributed by atoms with van der Waals surface area (Å²) < 4.78 is 13.2. The lowest BCUT2D eigenvalue weighted by molar-refractivity contribution is -0.120. The van der Waals surface area contributed by atoms with Gasteiger partial charge in [0.2, 0.25) is 0 Å². The highest BCUT2D eigenvalue weighted by atomic mass is 35.5. The molecule has 1 aromatic rings. The van der Waals surface area contributed by atoms with Gasteiger partial charge in [-0.15, -0.1) is 0 Å². The fourth-order valence-corrected chi connectivity index (χ4v) is 3.45. The number of Topliss-reactive ketones (excluding diaryl/α,β-unsaturated/α-hetero) is 1. The molecule has 1 heterocycles. The average molecular weight is 282 g/mol. The first-order valence-electron chi connectivity index (χ1n) is 6.78. The first kappa shape index (κ1) is 13.1. The minimum absolute atomic E-state index is 0.161. The molecule has 1 aliphatic carbocycles. The van der Waals surface area contributed by atoms with Crippen LogP contribution in [0.2, 0.25) is 5.02 Å². The van der Waals surface area contributed by atoms with Gasteiger partial charge >= 0.3 is 0 Å². The van der Waals surface area contributed by atoms with Crippen molar-refractivity contribution in [1.29, 1.82) is 0 Å². The second-order valence-electron chi connectivity index (χ2n) is 5.75. The summed E-state index contributed by atoms with van der Waals surface area (Å²) in [4.78, 5) is 12.3. The van der Waals surface area contributed by atoms with E-state index in [0.29, 0.717) is 10.6 Å². The quantitative estimate of drug-likeness (QED) is 0.923. The van der Waals surface area contributed by atoms with Crippen molar-refractivity contribution in [1.82, 2.24) is 5.32 Å². The van der Waals surface area contributed by atoms with E-state index in [1.165, 1.54) is 18.2 Å². The summed E-state index contributed by atoms with van der Waals surface area (Å²) in [5.41, 5.74) is 0.852. The summed E-state index contributed by atoms with van der Waals surface area (Å²) in [6, 6.07) is 4.21. The normalized spacial score (nSPS) is 24.4. The number of carbonyl (C=O) groups is 1. The first-order chi connectivity index (χ1) is 9.11. The molecule has 2 fully saturated rings. The lowest BCUT2D eigenvalue weighted by atomic mass is 9.89. The van der Waals surface area contributed by atoms with E-state index in [1.807, 2.05) is 0 Å². The van der Waals surface area contributed by atoms with Crippen LogP contribution in [0, 0.1) is 17.2 Å². The van der Waals surface area contributed by atoms with E-state index in [2.05, 4.69) is 5.32 Å². The third-order valence-electron chi connectivity index (χ3n) is 4.55. The summed E-state index contributed by atoms with van der Waals surface area (Å²) in [7, 11) is 0. The highest BCUT2D eigenvalue weighted by Gasteiger charge is 2.56. The Labute approximate surface area is 117 Å². The van der Waals surface area contributed by atoms with Crippen molar-refractivity contribution in [2.75, 3.05) is 13.1 Å². The fraction of sp³-hybridized carbons (Fsp3) is 0.533. The molecular formula is C15H17ClFNO. The Morgan fingerprint density at radius 2 is 2.16 bits per heavy atom. The van der Waals surface area contributed by atoms with E-state index < -0.39 is 0 Å². The molecule has 2 aliphatic rings. The maximum absolute atomic E-state index is 13.2. The Hall–Kier alpha value is -0.930. The van der Waals surface area contributed by atoms with Gasteiger partial charge in [-0.1, -0.05) is 11.6 Å². The highest BCUT2D eigenvalue weighted by Crippen LogP contribution is 2.59. The average Bonchev–Trinajstić information content (AvgIpc) is 3.08. The third-order valence-corrected chi connectivity index (χ3v) is 4.92. The van der Waals surface area contributed by atoms with Gasteiger partial charge in [-0.2, -0.15) is 0 Å². The molecule has 2 nitrogen and oxygen atoms in total. The Balaban J connectivity index is 1.68. The molecule has 1 aromatic carbocycles. The fourth-order valence-electron chi connectivity index (χ4n) is 3.27. The van der Waals surface area contributed by atoms with Crippen LogP contribution in [0.5, 0.6) is 0 Å². The third kappa shape index (κ3) is 2.54. The molecule has 19 heavy (non-hydrogen) atoms. The minimum Gasteiger partial charge on any atom is -0.317 e. The molecule has 1 unspecified atom stereocenters. The number of benzene rings is 1. The molecule has 1 saturated carbocycles. The van der Waals surface area contributed by atoms with Crippen LogP contribution >= 0.6 is 11.6 Å². The van der Waals surface area contributed by atoms with Crippen molar-refractivity contribution in [2.24, 2.45) is 11.3 Å². The lowest BCUT2D eigenvalue weighted by Crippen LogP contribution is -2.31. The molecule has 1 N–H and O–H groups in total. The van der Waals surface area contributed by atoms with Crippen molar-refractivity contribution >= 4 is 17.4 Å². The Morgan fingerprint density at radius 3 is 2.89 bits per heavy atom. The van der Waals surface area contributed by atoms with Gasteiger partial charge in [0.05, 0.1) is 0 Å². The maximum Gasteiger partial charge on any atom is 0.140 e. The Bertz CT molecular complexity index is 511. The second-order valence-corrected chi connectivity index (χ2v) is 6.16. The Kier molecular flexibility index (Phi) is 3.35. The van der Waals surface area contributed by atoms with Crippen LogP contribution in [0.25, 0.3) is 0 Å². The SMILES string of the molecule is O=C(Cc1cc(F)ccc1Cl)C1CC12CCNCC2. The second kappa shape index (κ2) is 4.88. The number of halogens is 2. The monoisotopic (exact) mass is 281 g/mol. The molecule has 0 amide bonds. The molecule has 0 aromatic heterocycles. The number of hydrogen-bond donors (Lipinski definition) is 1. The number of rotatable bonds is 3. The van der Waals surface area contributed by atoms with Gasteiger partial charge in [-0.25, -0.2) is 4.39 Å². The number of ketones is 1. The predicted molar refractivity (Wildman–Crippen MR) is 72.8 cm³/mol. The summed E-state index contributed by atoms with van der Waals surface area (Å²) >= 11 is 6.01. The minimum atomic E-state index is -0.334. The molecule has 1 spiro atoms. The smallest absolute Gasteiger partial charge is 0.140 e. The van der Waals surface area contributed by atoms with Gasteiger partial charge in [-0.3, -0.25) is 4.79 Å².